The van der Waals surface area contributed by atoms with E-state index in [-0.39, 0.29) is 11.9 Å². The van der Waals surface area contributed by atoms with Gasteiger partial charge in [0.05, 0.1) is 25.8 Å². The van der Waals surface area contributed by atoms with E-state index in [2.05, 4.69) is 26.1 Å². The van der Waals surface area contributed by atoms with E-state index in [1.54, 1.807) is 32.4 Å². The van der Waals surface area contributed by atoms with Gasteiger partial charge < -0.3 is 19.7 Å². The van der Waals surface area contributed by atoms with Crippen LogP contribution >= 0.6 is 15.9 Å². The lowest BCUT2D eigenvalue weighted by molar-refractivity contribution is 0.0940. The Labute approximate surface area is 157 Å². The number of carbonyl (C=O) groups is 1. The Morgan fingerprint density at radius 2 is 1.88 bits per heavy atom. The number of carbonyl (C=O) groups excluding carboxylic acids is 1. The standard InChI is InChI=1S/C19H23BrN2O3/c1-22(2)17(14-7-5-6-8-18(14)25-4)12-21-19(23)15-11-13(24-3)9-10-16(15)20/h5-11,17H,12H2,1-4H3,(H,21,23). The van der Waals surface area contributed by atoms with Gasteiger partial charge in [-0.05, 0) is 54.3 Å². The maximum atomic E-state index is 12.6. The van der Waals surface area contributed by atoms with E-state index in [1.165, 1.54) is 0 Å². The smallest absolute Gasteiger partial charge is 0.252 e. The fourth-order valence-electron chi connectivity index (χ4n) is 2.60. The molecular weight excluding hydrogens is 384 g/mol. The van der Waals surface area contributed by atoms with Gasteiger partial charge in [-0.25, -0.2) is 0 Å². The molecule has 5 nitrogen and oxygen atoms in total. The Morgan fingerprint density at radius 1 is 1.16 bits per heavy atom. The summed E-state index contributed by atoms with van der Waals surface area (Å²) in [7, 11) is 7.18. The topological polar surface area (TPSA) is 50.8 Å². The van der Waals surface area contributed by atoms with Crippen LogP contribution in [0.3, 0.4) is 0 Å². The summed E-state index contributed by atoms with van der Waals surface area (Å²) in [6.45, 7) is 0.454. The predicted octanol–water partition coefficient (Wildman–Crippen LogP) is 3.50. The molecule has 1 unspecified atom stereocenters. The molecule has 1 N–H and O–H groups in total. The zero-order valence-corrected chi connectivity index (χ0v) is 16.5. The van der Waals surface area contributed by atoms with Crippen LogP contribution < -0.4 is 14.8 Å². The summed E-state index contributed by atoms with van der Waals surface area (Å²) >= 11 is 3.42. The van der Waals surface area contributed by atoms with Crippen LogP contribution in [-0.4, -0.2) is 45.7 Å². The highest BCUT2D eigenvalue weighted by Crippen LogP contribution is 2.28. The van der Waals surface area contributed by atoms with Crippen molar-refractivity contribution in [2.45, 2.75) is 6.04 Å². The maximum absolute atomic E-state index is 12.6. The molecule has 0 aliphatic carbocycles. The third kappa shape index (κ3) is 4.74. The third-order valence-electron chi connectivity index (χ3n) is 4.00. The van der Waals surface area contributed by atoms with Crippen LogP contribution in [0, 0.1) is 0 Å². The average molecular weight is 407 g/mol. The van der Waals surface area contributed by atoms with Crippen molar-refractivity contribution < 1.29 is 14.3 Å². The van der Waals surface area contributed by atoms with Gasteiger partial charge in [0.2, 0.25) is 0 Å². The van der Waals surface area contributed by atoms with Crippen LogP contribution in [0.25, 0.3) is 0 Å². The first kappa shape index (κ1) is 19.3. The average Bonchev–Trinajstić information content (AvgIpc) is 2.62. The van der Waals surface area contributed by atoms with Crippen LogP contribution in [0.2, 0.25) is 0 Å². The Hall–Kier alpha value is -2.05. The summed E-state index contributed by atoms with van der Waals surface area (Å²) in [5.74, 6) is 1.28. The lowest BCUT2D eigenvalue weighted by atomic mass is 10.0. The van der Waals surface area contributed by atoms with Crippen molar-refractivity contribution in [1.82, 2.24) is 10.2 Å². The molecule has 0 spiro atoms. The molecule has 1 atom stereocenters. The summed E-state index contributed by atoms with van der Waals surface area (Å²) in [5.41, 5.74) is 1.57. The maximum Gasteiger partial charge on any atom is 0.252 e. The van der Waals surface area contributed by atoms with Crippen LogP contribution in [-0.2, 0) is 0 Å². The van der Waals surface area contributed by atoms with Gasteiger partial charge in [-0.2, -0.15) is 0 Å². The molecule has 0 saturated carbocycles. The molecule has 1 amide bonds. The number of amides is 1. The molecule has 134 valence electrons. The zero-order valence-electron chi connectivity index (χ0n) is 14.9. The first-order valence-electron chi connectivity index (χ1n) is 7.89. The van der Waals surface area contributed by atoms with E-state index in [1.807, 2.05) is 38.4 Å². The molecule has 0 aliphatic rings. The van der Waals surface area contributed by atoms with E-state index in [9.17, 15) is 4.79 Å². The van der Waals surface area contributed by atoms with Gasteiger partial charge in [-0.15, -0.1) is 0 Å². The number of nitrogens with zero attached hydrogens (tertiary/aromatic N) is 1. The van der Waals surface area contributed by atoms with Gasteiger partial charge in [-0.3, -0.25) is 4.79 Å². The van der Waals surface area contributed by atoms with Crippen molar-refractivity contribution in [2.24, 2.45) is 0 Å². The van der Waals surface area contributed by atoms with Gasteiger partial charge >= 0.3 is 0 Å². The van der Waals surface area contributed by atoms with Crippen LogP contribution in [0.4, 0.5) is 0 Å². The molecule has 25 heavy (non-hydrogen) atoms. The quantitative estimate of drug-likeness (QED) is 0.764. The summed E-state index contributed by atoms with van der Waals surface area (Å²) in [5, 5.41) is 3.00. The molecule has 2 aromatic rings. The molecular formula is C19H23BrN2O3. The minimum atomic E-state index is -0.160. The number of hydrogen-bond donors (Lipinski definition) is 1. The van der Waals surface area contributed by atoms with Crippen molar-refractivity contribution in [3.8, 4) is 11.5 Å². The molecule has 0 bridgehead atoms. The predicted molar refractivity (Wildman–Crippen MR) is 102 cm³/mol. The first-order chi connectivity index (χ1) is 12.0. The van der Waals surface area contributed by atoms with Crippen molar-refractivity contribution in [1.29, 1.82) is 0 Å². The molecule has 2 aromatic carbocycles. The number of ether oxygens (including phenoxy) is 2. The van der Waals surface area contributed by atoms with E-state index >= 15 is 0 Å². The SMILES string of the molecule is COc1ccc(Br)c(C(=O)NCC(c2ccccc2OC)N(C)C)c1. The van der Waals surface area contributed by atoms with Crippen LogP contribution in [0.15, 0.2) is 46.9 Å². The molecule has 6 heteroatoms. The van der Waals surface area contributed by atoms with Gasteiger partial charge in [0, 0.05) is 16.6 Å². The highest BCUT2D eigenvalue weighted by atomic mass is 79.9. The second-order valence-electron chi connectivity index (χ2n) is 5.78. The fourth-order valence-corrected chi connectivity index (χ4v) is 3.03. The van der Waals surface area contributed by atoms with Gasteiger partial charge in [0.1, 0.15) is 11.5 Å². The number of nitrogens with one attached hydrogen (secondary N) is 1. The Bertz CT molecular complexity index is 734. The molecule has 0 aliphatic heterocycles. The Kier molecular flexibility index (Phi) is 6.84. The molecule has 0 fully saturated rings. The van der Waals surface area contributed by atoms with Gasteiger partial charge in [-0.1, -0.05) is 18.2 Å². The molecule has 0 radical (unpaired) electrons. The second-order valence-corrected chi connectivity index (χ2v) is 6.63. The summed E-state index contributed by atoms with van der Waals surface area (Å²) < 4.78 is 11.4. The molecule has 0 saturated heterocycles. The Balaban J connectivity index is 2.18. The molecule has 0 aromatic heterocycles. The van der Waals surface area contributed by atoms with Crippen molar-refractivity contribution in [3.05, 3.63) is 58.1 Å². The van der Waals surface area contributed by atoms with Gasteiger partial charge in [0.25, 0.3) is 5.91 Å². The van der Waals surface area contributed by atoms with Crippen molar-refractivity contribution in [2.75, 3.05) is 34.9 Å². The van der Waals surface area contributed by atoms with Crippen LogP contribution in [0.1, 0.15) is 22.0 Å². The number of para-hydroxylation sites is 1. The first-order valence-corrected chi connectivity index (χ1v) is 8.68. The number of methoxy groups -OCH3 is 2. The number of rotatable bonds is 7. The minimum absolute atomic E-state index is 0.00974. The lowest BCUT2D eigenvalue weighted by Gasteiger charge is -2.26. The van der Waals surface area contributed by atoms with Crippen molar-refractivity contribution >= 4 is 21.8 Å². The van der Waals surface area contributed by atoms with E-state index in [0.717, 1.165) is 15.8 Å². The highest BCUT2D eigenvalue weighted by molar-refractivity contribution is 9.10. The lowest BCUT2D eigenvalue weighted by Crippen LogP contribution is -2.34. The number of hydrogen-bond acceptors (Lipinski definition) is 4. The van der Waals surface area contributed by atoms with Crippen LogP contribution in [0.5, 0.6) is 11.5 Å². The van der Waals surface area contributed by atoms with E-state index in [0.29, 0.717) is 17.9 Å². The summed E-state index contributed by atoms with van der Waals surface area (Å²) in [6.07, 6.45) is 0. The monoisotopic (exact) mass is 406 g/mol. The van der Waals surface area contributed by atoms with Crippen molar-refractivity contribution in [3.63, 3.8) is 0 Å². The summed E-state index contributed by atoms with van der Waals surface area (Å²) in [6, 6.07) is 13.1. The highest BCUT2D eigenvalue weighted by Gasteiger charge is 2.20. The Morgan fingerprint density at radius 3 is 2.52 bits per heavy atom. The number of likely N-dealkylation sites (N-methyl/N-ethyl adjacent to an activating group) is 1. The normalized spacial score (nSPS) is 11.9. The number of benzene rings is 2. The fraction of sp³-hybridized carbons (Fsp3) is 0.316. The zero-order chi connectivity index (χ0) is 18.4. The second kappa shape index (κ2) is 8.87. The molecule has 0 heterocycles. The minimum Gasteiger partial charge on any atom is -0.497 e. The molecule has 2 rings (SSSR count). The largest absolute Gasteiger partial charge is 0.497 e. The van der Waals surface area contributed by atoms with Gasteiger partial charge in [0.15, 0.2) is 0 Å². The number of halogens is 1. The van der Waals surface area contributed by atoms with E-state index in [4.69, 9.17) is 9.47 Å². The van der Waals surface area contributed by atoms with E-state index < -0.39 is 0 Å². The third-order valence-corrected chi connectivity index (χ3v) is 4.69. The summed E-state index contributed by atoms with van der Waals surface area (Å²) in [4.78, 5) is 14.7.